The van der Waals surface area contributed by atoms with Crippen LogP contribution in [0.15, 0.2) is 48.0 Å². The fraction of sp³-hybridized carbons (Fsp3) is 0.719. The summed E-state index contributed by atoms with van der Waals surface area (Å²) in [6.07, 6.45) is 52.2. The van der Waals surface area contributed by atoms with Crippen molar-refractivity contribution < 1.29 is 21.2 Å². The molecule has 3 rings (SSSR count). The fourth-order valence-corrected chi connectivity index (χ4v) is 9.28. The largest absolute Gasteiger partial charge is 2.00 e. The van der Waals surface area contributed by atoms with Crippen LogP contribution in [0.2, 0.25) is 0 Å². The SMILES string of the molecule is CCCCCCCCC1=C(c2cc(CCCC)cc(CCCCCCCC)c2)[N+](=[N-])C(c2cc(CCCC)cc(CCCCCCCC)c2)=C1.[CH2-]CCCCCCC.[CH2-]CCCCCCC.[Ni+2]. The number of allylic oxidation sites excluding steroid dienone is 2. The van der Waals surface area contributed by atoms with Crippen LogP contribution in [0.1, 0.15) is 307 Å². The van der Waals surface area contributed by atoms with Crippen molar-refractivity contribution in [2.24, 2.45) is 0 Å². The van der Waals surface area contributed by atoms with Crippen LogP contribution < -0.4 is 0 Å². The number of hydrogen-bond donors (Lipinski definition) is 0. The third-order valence-corrected chi connectivity index (χ3v) is 13.5. The fourth-order valence-electron chi connectivity index (χ4n) is 9.28. The second-order valence-corrected chi connectivity index (χ2v) is 20.1. The maximum absolute atomic E-state index is 12.2. The molecular weight excluding hydrogens is 855 g/mol. The van der Waals surface area contributed by atoms with Crippen LogP contribution in [-0.2, 0) is 42.2 Å². The Labute approximate surface area is 430 Å². The van der Waals surface area contributed by atoms with Crippen molar-refractivity contribution in [2.75, 3.05) is 0 Å². The van der Waals surface area contributed by atoms with Gasteiger partial charge in [-0.1, -0.05) is 234 Å². The topological polar surface area (TPSA) is 25.3 Å². The minimum absolute atomic E-state index is 0. The van der Waals surface area contributed by atoms with Gasteiger partial charge >= 0.3 is 16.5 Å². The van der Waals surface area contributed by atoms with Gasteiger partial charge in [0, 0.05) is 22.8 Å². The molecular formula is C64H110N2Ni. The first kappa shape index (κ1) is 65.0. The normalized spacial score (nSPS) is 12.1. The molecule has 0 fully saturated rings. The molecule has 2 nitrogen and oxygen atoms in total. The molecule has 386 valence electrons. The summed E-state index contributed by atoms with van der Waals surface area (Å²) in [6, 6.07) is 14.5. The van der Waals surface area contributed by atoms with Crippen molar-refractivity contribution in [3.05, 3.63) is 101 Å². The zero-order valence-electron chi connectivity index (χ0n) is 45.7. The van der Waals surface area contributed by atoms with E-state index in [1.807, 2.05) is 0 Å². The molecule has 0 radical (unpaired) electrons. The summed E-state index contributed by atoms with van der Waals surface area (Å²) in [7, 11) is 0. The van der Waals surface area contributed by atoms with Crippen molar-refractivity contribution in [2.45, 2.75) is 299 Å². The Hall–Kier alpha value is -1.99. The van der Waals surface area contributed by atoms with E-state index in [2.05, 4.69) is 105 Å². The molecule has 1 heterocycles. The third kappa shape index (κ3) is 31.8. The first-order valence-electron chi connectivity index (χ1n) is 29.2. The maximum Gasteiger partial charge on any atom is 2.00 e. The summed E-state index contributed by atoms with van der Waals surface area (Å²) in [5, 5.41) is 0. The number of rotatable bonds is 39. The molecule has 0 aliphatic carbocycles. The standard InChI is InChI=1S/C48H76N2.2C8H17.Ni/c1-6-11-16-19-22-25-30-42-33-40(28-14-9-4)35-45(36-42)47-39-44(32-27-24-21-18-13-8-3)48(50(47)49)46-37-41(29-15-10-5)34-43(38-46)31-26-23-20-17-12-7-2;2*1-3-5-7-8-6-4-2;/h33-39H,6-32H2,1-5H3;2*1,3-8H2,2H3;/q;2*-1;+2. The van der Waals surface area contributed by atoms with Gasteiger partial charge in [-0.2, -0.15) is 12.8 Å². The maximum atomic E-state index is 12.2. The van der Waals surface area contributed by atoms with E-state index < -0.39 is 0 Å². The van der Waals surface area contributed by atoms with Gasteiger partial charge < -0.3 is 19.4 Å². The van der Waals surface area contributed by atoms with E-state index in [1.165, 1.54) is 244 Å². The average molecular weight is 966 g/mol. The molecule has 1 aliphatic rings. The van der Waals surface area contributed by atoms with Crippen LogP contribution in [0.25, 0.3) is 16.9 Å². The Bertz CT molecular complexity index is 1490. The van der Waals surface area contributed by atoms with Gasteiger partial charge in [-0.15, -0.1) is 0 Å². The van der Waals surface area contributed by atoms with Gasteiger partial charge in [0.1, 0.15) is 0 Å². The first-order valence-corrected chi connectivity index (χ1v) is 29.2. The van der Waals surface area contributed by atoms with Gasteiger partial charge in [-0.05, 0) is 111 Å². The molecule has 2 aromatic rings. The van der Waals surface area contributed by atoms with E-state index >= 15 is 0 Å². The van der Waals surface area contributed by atoms with Crippen molar-refractivity contribution in [1.29, 1.82) is 0 Å². The smallest absolute Gasteiger partial charge is 0.493 e. The summed E-state index contributed by atoms with van der Waals surface area (Å²) in [6.45, 7) is 23.5. The van der Waals surface area contributed by atoms with Crippen molar-refractivity contribution in [1.82, 2.24) is 0 Å². The molecule has 0 N–H and O–H groups in total. The molecule has 1 aliphatic heterocycles. The van der Waals surface area contributed by atoms with Gasteiger partial charge in [-0.25, -0.2) is 4.70 Å². The van der Waals surface area contributed by atoms with Crippen LogP contribution >= 0.6 is 0 Å². The van der Waals surface area contributed by atoms with Gasteiger partial charge in [0.15, 0.2) is 0 Å². The molecule has 0 spiro atoms. The molecule has 0 saturated carbocycles. The van der Waals surface area contributed by atoms with Crippen LogP contribution in [0.5, 0.6) is 0 Å². The third-order valence-electron chi connectivity index (χ3n) is 13.5. The molecule has 0 aromatic heterocycles. The minimum atomic E-state index is 0. The van der Waals surface area contributed by atoms with Crippen molar-refractivity contribution in [3.63, 3.8) is 0 Å². The number of nitrogens with zero attached hydrogens (tertiary/aromatic N) is 2. The molecule has 0 bridgehead atoms. The van der Waals surface area contributed by atoms with Crippen LogP contribution in [-0.4, -0.2) is 4.70 Å². The first-order chi connectivity index (χ1) is 32.4. The Kier molecular flexibility index (Phi) is 45.0. The second kappa shape index (κ2) is 46.4. The van der Waals surface area contributed by atoms with E-state index in [0.29, 0.717) is 0 Å². The minimum Gasteiger partial charge on any atom is -0.493 e. The Morgan fingerprint density at radius 1 is 0.343 bits per heavy atom. The van der Waals surface area contributed by atoms with Crippen molar-refractivity contribution >= 4 is 11.4 Å². The second-order valence-electron chi connectivity index (χ2n) is 20.1. The zero-order valence-corrected chi connectivity index (χ0v) is 46.7. The molecule has 67 heavy (non-hydrogen) atoms. The number of hydrogen-bond acceptors (Lipinski definition) is 0. The Morgan fingerprint density at radius 3 is 0.970 bits per heavy atom. The summed E-state index contributed by atoms with van der Waals surface area (Å²) < 4.78 is 1.59. The van der Waals surface area contributed by atoms with Gasteiger partial charge in [0.05, 0.1) is 0 Å². The number of unbranched alkanes of at least 4 members (excludes halogenated alkanes) is 27. The van der Waals surface area contributed by atoms with E-state index in [0.717, 1.165) is 56.3 Å². The van der Waals surface area contributed by atoms with Crippen molar-refractivity contribution in [3.8, 4) is 0 Å². The predicted octanol–water partition coefficient (Wildman–Crippen LogP) is 22.1. The van der Waals surface area contributed by atoms with E-state index in [1.54, 1.807) is 4.70 Å². The molecule has 3 heteroatoms. The van der Waals surface area contributed by atoms with Crippen LogP contribution in [0, 0.1) is 13.8 Å². The molecule has 0 amide bonds. The zero-order chi connectivity index (χ0) is 48.3. The number of benzene rings is 2. The quantitative estimate of drug-likeness (QED) is 0.0276. The van der Waals surface area contributed by atoms with Gasteiger partial charge in [0.25, 0.3) is 0 Å². The monoisotopic (exact) mass is 965 g/mol. The summed E-state index contributed by atoms with van der Waals surface area (Å²) >= 11 is 0. The summed E-state index contributed by atoms with van der Waals surface area (Å²) in [5.74, 6) is 0. The van der Waals surface area contributed by atoms with Gasteiger partial charge in [-0.3, -0.25) is 0 Å². The van der Waals surface area contributed by atoms with Crippen LogP contribution in [0.3, 0.4) is 0 Å². The Morgan fingerprint density at radius 2 is 0.627 bits per heavy atom. The number of aryl methyl sites for hydroxylation is 4. The molecule has 0 saturated heterocycles. The Balaban J connectivity index is 0.00000218. The predicted molar refractivity (Wildman–Crippen MR) is 298 cm³/mol. The molecule has 0 unspecified atom stereocenters. The van der Waals surface area contributed by atoms with Gasteiger partial charge in [0.2, 0.25) is 11.4 Å². The van der Waals surface area contributed by atoms with Crippen LogP contribution in [0.4, 0.5) is 0 Å². The van der Waals surface area contributed by atoms with E-state index in [-0.39, 0.29) is 16.5 Å². The molecule has 0 atom stereocenters. The van der Waals surface area contributed by atoms with E-state index in [4.69, 9.17) is 0 Å². The summed E-state index contributed by atoms with van der Waals surface area (Å²) in [4.78, 5) is 0. The summed E-state index contributed by atoms with van der Waals surface area (Å²) in [5.41, 5.74) is 23.7. The average Bonchev–Trinajstić information content (AvgIpc) is 3.66. The van der Waals surface area contributed by atoms with E-state index in [9.17, 15) is 5.53 Å². The molecule has 2 aromatic carbocycles.